The van der Waals surface area contributed by atoms with Crippen molar-refractivity contribution in [1.82, 2.24) is 0 Å². The number of alkyl halides is 3. The topological polar surface area (TPSA) is 12.0 Å². The van der Waals surface area contributed by atoms with Crippen LogP contribution in [0, 0.1) is 12.7 Å². The van der Waals surface area contributed by atoms with Crippen LogP contribution in [0.1, 0.15) is 16.0 Å². The average Bonchev–Trinajstić information content (AvgIpc) is 2.72. The normalized spacial score (nSPS) is 11.6. The van der Waals surface area contributed by atoms with Crippen molar-refractivity contribution < 1.29 is 17.6 Å². The molecule has 0 atom stereocenters. The highest BCUT2D eigenvalue weighted by Gasteiger charge is 2.34. The van der Waals surface area contributed by atoms with Gasteiger partial charge < -0.3 is 5.32 Å². The molecule has 0 aliphatic rings. The zero-order valence-electron chi connectivity index (χ0n) is 10.0. The van der Waals surface area contributed by atoms with Gasteiger partial charge in [-0.1, -0.05) is 0 Å². The maximum atomic E-state index is 13.1. The van der Waals surface area contributed by atoms with Gasteiger partial charge in [-0.2, -0.15) is 13.2 Å². The van der Waals surface area contributed by atoms with Crippen LogP contribution in [-0.2, 0) is 12.7 Å². The second-order valence-electron chi connectivity index (χ2n) is 4.07. The number of anilines is 1. The van der Waals surface area contributed by atoms with Crippen molar-refractivity contribution in [1.29, 1.82) is 0 Å². The number of benzene rings is 1. The van der Waals surface area contributed by atoms with Crippen molar-refractivity contribution in [2.45, 2.75) is 19.6 Å². The fourth-order valence-corrected chi connectivity index (χ4v) is 2.47. The molecule has 1 aromatic heterocycles. The van der Waals surface area contributed by atoms with Crippen LogP contribution in [0.5, 0.6) is 0 Å². The highest BCUT2D eigenvalue weighted by molar-refractivity contribution is 7.10. The van der Waals surface area contributed by atoms with Gasteiger partial charge >= 0.3 is 6.18 Å². The van der Waals surface area contributed by atoms with Gasteiger partial charge in [0.05, 0.1) is 5.56 Å². The minimum atomic E-state index is -4.68. The lowest BCUT2D eigenvalue weighted by molar-refractivity contribution is -0.139. The molecule has 0 fully saturated rings. The minimum Gasteiger partial charge on any atom is -0.380 e. The smallest absolute Gasteiger partial charge is 0.380 e. The summed E-state index contributed by atoms with van der Waals surface area (Å²) in [6.45, 7) is 2.35. The van der Waals surface area contributed by atoms with E-state index in [9.17, 15) is 17.6 Å². The monoisotopic (exact) mass is 289 g/mol. The van der Waals surface area contributed by atoms with Crippen LogP contribution < -0.4 is 5.32 Å². The largest absolute Gasteiger partial charge is 0.419 e. The van der Waals surface area contributed by atoms with Crippen molar-refractivity contribution in [2.75, 3.05) is 5.32 Å². The van der Waals surface area contributed by atoms with Gasteiger partial charge in [0.25, 0.3) is 0 Å². The van der Waals surface area contributed by atoms with Gasteiger partial charge in [0.15, 0.2) is 0 Å². The Morgan fingerprint density at radius 2 is 1.95 bits per heavy atom. The molecule has 1 aromatic carbocycles. The van der Waals surface area contributed by atoms with Gasteiger partial charge in [-0.3, -0.25) is 0 Å². The van der Waals surface area contributed by atoms with E-state index in [0.29, 0.717) is 6.54 Å². The van der Waals surface area contributed by atoms with E-state index in [4.69, 9.17) is 0 Å². The predicted octanol–water partition coefficient (Wildman–Crippen LogP) is 4.83. The molecule has 6 heteroatoms. The van der Waals surface area contributed by atoms with E-state index < -0.39 is 17.6 Å². The molecular formula is C13H11F4NS. The van der Waals surface area contributed by atoms with Gasteiger partial charge in [-0.15, -0.1) is 11.3 Å². The Balaban J connectivity index is 2.16. The fourth-order valence-electron chi connectivity index (χ4n) is 1.62. The summed E-state index contributed by atoms with van der Waals surface area (Å²) in [6.07, 6.45) is -4.68. The first-order chi connectivity index (χ1) is 8.88. The van der Waals surface area contributed by atoms with Gasteiger partial charge in [0.2, 0.25) is 0 Å². The minimum absolute atomic E-state index is 0.251. The van der Waals surface area contributed by atoms with Gasteiger partial charge in [0, 0.05) is 17.1 Å². The third-order valence-electron chi connectivity index (χ3n) is 2.69. The Morgan fingerprint density at radius 3 is 2.53 bits per heavy atom. The predicted molar refractivity (Wildman–Crippen MR) is 67.8 cm³/mol. The highest BCUT2D eigenvalue weighted by atomic mass is 32.1. The fraction of sp³-hybridized carbons (Fsp3) is 0.231. The van der Waals surface area contributed by atoms with E-state index in [1.54, 1.807) is 0 Å². The first-order valence-electron chi connectivity index (χ1n) is 5.51. The van der Waals surface area contributed by atoms with Crippen molar-refractivity contribution in [3.8, 4) is 0 Å². The summed E-state index contributed by atoms with van der Waals surface area (Å²) in [5.41, 5.74) is 0.0811. The Kier molecular flexibility index (Phi) is 3.80. The second-order valence-corrected chi connectivity index (χ2v) is 5.07. The molecule has 2 rings (SSSR count). The molecule has 1 heterocycles. The third kappa shape index (κ3) is 3.26. The highest BCUT2D eigenvalue weighted by Crippen LogP contribution is 2.33. The molecule has 0 aliphatic heterocycles. The summed E-state index contributed by atoms with van der Waals surface area (Å²) in [6, 6.07) is 4.85. The molecule has 0 radical (unpaired) electrons. The van der Waals surface area contributed by atoms with E-state index in [-0.39, 0.29) is 5.69 Å². The molecular weight excluding hydrogens is 278 g/mol. The van der Waals surface area contributed by atoms with Gasteiger partial charge in [-0.25, -0.2) is 4.39 Å². The Labute approximate surface area is 111 Å². The second kappa shape index (κ2) is 5.21. The zero-order valence-corrected chi connectivity index (χ0v) is 10.8. The van der Waals surface area contributed by atoms with Crippen molar-refractivity contribution in [3.63, 3.8) is 0 Å². The van der Waals surface area contributed by atoms with E-state index >= 15 is 0 Å². The molecule has 0 aliphatic carbocycles. The molecule has 19 heavy (non-hydrogen) atoms. The summed E-state index contributed by atoms with van der Waals surface area (Å²) in [7, 11) is 0. The molecule has 0 amide bonds. The van der Waals surface area contributed by atoms with Gasteiger partial charge in [-0.05, 0) is 42.1 Å². The molecule has 102 valence electrons. The molecule has 0 spiro atoms. The Hall–Kier alpha value is -1.56. The molecule has 2 aromatic rings. The van der Waals surface area contributed by atoms with E-state index in [1.165, 1.54) is 17.4 Å². The van der Waals surface area contributed by atoms with Crippen molar-refractivity contribution in [2.24, 2.45) is 0 Å². The summed E-state index contributed by atoms with van der Waals surface area (Å²) in [4.78, 5) is 1.04. The number of hydrogen-bond donors (Lipinski definition) is 1. The molecule has 1 N–H and O–H groups in total. The molecule has 0 saturated heterocycles. The summed E-state index contributed by atoms with van der Waals surface area (Å²) < 4.78 is 50.7. The zero-order chi connectivity index (χ0) is 14.0. The van der Waals surface area contributed by atoms with Crippen LogP contribution in [0.3, 0.4) is 0 Å². The summed E-state index contributed by atoms with van der Waals surface area (Å²) in [5.74, 6) is -1.26. The number of nitrogens with one attached hydrogen (secondary N) is 1. The lowest BCUT2D eigenvalue weighted by atomic mass is 10.1. The SMILES string of the molecule is Cc1ccsc1CNc1ccc(F)c(C(F)(F)F)c1. The molecule has 1 nitrogen and oxygen atoms in total. The molecule has 0 unspecified atom stereocenters. The van der Waals surface area contributed by atoms with Crippen LogP contribution >= 0.6 is 11.3 Å². The quantitative estimate of drug-likeness (QED) is 0.798. The standard InChI is InChI=1S/C13H11F4NS/c1-8-4-5-19-12(8)7-18-9-2-3-11(14)10(6-9)13(15,16)17/h2-6,18H,7H2,1H3. The van der Waals surface area contributed by atoms with E-state index in [2.05, 4.69) is 5.32 Å². The van der Waals surface area contributed by atoms with Crippen LogP contribution in [-0.4, -0.2) is 0 Å². The maximum absolute atomic E-state index is 13.1. The molecule has 0 saturated carbocycles. The molecule has 0 bridgehead atoms. The number of aryl methyl sites for hydroxylation is 1. The number of thiophene rings is 1. The third-order valence-corrected chi connectivity index (χ3v) is 3.72. The Morgan fingerprint density at radius 1 is 1.21 bits per heavy atom. The first-order valence-corrected chi connectivity index (χ1v) is 6.39. The van der Waals surface area contributed by atoms with Crippen LogP contribution in [0.25, 0.3) is 0 Å². The summed E-state index contributed by atoms with van der Waals surface area (Å²) in [5, 5.41) is 4.79. The van der Waals surface area contributed by atoms with Crippen LogP contribution in [0.4, 0.5) is 23.2 Å². The Bertz CT molecular complexity index is 574. The van der Waals surface area contributed by atoms with E-state index in [1.807, 2.05) is 18.4 Å². The van der Waals surface area contributed by atoms with Gasteiger partial charge in [0.1, 0.15) is 5.82 Å². The first kappa shape index (κ1) is 13.9. The summed E-state index contributed by atoms with van der Waals surface area (Å²) >= 11 is 1.52. The van der Waals surface area contributed by atoms with Crippen molar-refractivity contribution in [3.05, 3.63) is 51.5 Å². The van der Waals surface area contributed by atoms with Crippen molar-refractivity contribution >= 4 is 17.0 Å². The van der Waals surface area contributed by atoms with E-state index in [0.717, 1.165) is 22.6 Å². The van der Waals surface area contributed by atoms with Crippen LogP contribution in [0.15, 0.2) is 29.6 Å². The lowest BCUT2D eigenvalue weighted by Gasteiger charge is -2.11. The number of rotatable bonds is 3. The van der Waals surface area contributed by atoms with Crippen LogP contribution in [0.2, 0.25) is 0 Å². The average molecular weight is 289 g/mol. The number of hydrogen-bond acceptors (Lipinski definition) is 2. The maximum Gasteiger partial charge on any atom is 0.419 e. The number of halogens is 4. The lowest BCUT2D eigenvalue weighted by Crippen LogP contribution is -2.09.